The molecule has 0 spiro atoms. The third-order valence-corrected chi connectivity index (χ3v) is 6.24. The van der Waals surface area contributed by atoms with Crippen molar-refractivity contribution >= 4 is 46.0 Å². The molecule has 0 aliphatic carbocycles. The number of piperazine rings is 1. The van der Waals surface area contributed by atoms with Crippen molar-refractivity contribution in [1.29, 1.82) is 0 Å². The van der Waals surface area contributed by atoms with Crippen molar-refractivity contribution in [2.45, 2.75) is 5.16 Å². The zero-order valence-corrected chi connectivity index (χ0v) is 18.8. The van der Waals surface area contributed by atoms with Gasteiger partial charge >= 0.3 is 0 Å². The van der Waals surface area contributed by atoms with Gasteiger partial charge in [-0.2, -0.15) is 0 Å². The number of hydrogen-bond acceptors (Lipinski definition) is 8. The van der Waals surface area contributed by atoms with Gasteiger partial charge in [0.1, 0.15) is 5.82 Å². The monoisotopic (exact) mass is 457 g/mol. The lowest BCUT2D eigenvalue weighted by molar-refractivity contribution is -0.128. The Bertz CT molecular complexity index is 1230. The van der Waals surface area contributed by atoms with Gasteiger partial charge in [-0.05, 0) is 30.3 Å². The number of thioether (sulfide) groups is 1. The standard InChI is InChI=1S/C24H23N7OS/c32-21(30-13-15-31(16-14-30)23-25-11-6-12-26-23)17-33-24-28-20-10-5-4-9-19(20)22(29-24)27-18-7-2-1-3-8-18/h1-12H,13-17H2,(H,27,28,29). The summed E-state index contributed by atoms with van der Waals surface area (Å²) in [5.74, 6) is 1.83. The lowest BCUT2D eigenvalue weighted by Gasteiger charge is -2.34. The van der Waals surface area contributed by atoms with Crippen molar-refractivity contribution in [3.05, 3.63) is 73.1 Å². The average Bonchev–Trinajstić information content (AvgIpc) is 2.88. The first-order chi connectivity index (χ1) is 16.3. The predicted octanol–water partition coefficient (Wildman–Crippen LogP) is 3.60. The summed E-state index contributed by atoms with van der Waals surface area (Å²) in [5.41, 5.74) is 1.80. The highest BCUT2D eigenvalue weighted by atomic mass is 32.2. The van der Waals surface area contributed by atoms with Gasteiger partial charge in [-0.25, -0.2) is 19.9 Å². The maximum atomic E-state index is 12.8. The number of nitrogens with zero attached hydrogens (tertiary/aromatic N) is 6. The Morgan fingerprint density at radius 3 is 2.39 bits per heavy atom. The molecule has 2 aromatic carbocycles. The predicted molar refractivity (Wildman–Crippen MR) is 131 cm³/mol. The number of aromatic nitrogens is 4. The fraction of sp³-hybridized carbons (Fsp3) is 0.208. The molecule has 1 aliphatic rings. The molecular formula is C24H23N7OS. The molecule has 1 fully saturated rings. The lowest BCUT2D eigenvalue weighted by atomic mass is 10.2. The summed E-state index contributed by atoms with van der Waals surface area (Å²) in [6, 6.07) is 19.6. The molecule has 0 unspecified atom stereocenters. The maximum Gasteiger partial charge on any atom is 0.233 e. The second-order valence-corrected chi connectivity index (χ2v) is 8.51. The van der Waals surface area contributed by atoms with E-state index in [0.717, 1.165) is 35.5 Å². The topological polar surface area (TPSA) is 87.1 Å². The minimum atomic E-state index is 0.0861. The molecule has 33 heavy (non-hydrogen) atoms. The normalized spacial score (nSPS) is 13.8. The number of carbonyl (C=O) groups is 1. The number of nitrogens with one attached hydrogen (secondary N) is 1. The first-order valence-electron chi connectivity index (χ1n) is 10.8. The molecule has 1 saturated heterocycles. The third-order valence-electron chi connectivity index (χ3n) is 5.41. The molecule has 0 saturated carbocycles. The molecule has 5 rings (SSSR count). The van der Waals surface area contributed by atoms with Crippen molar-refractivity contribution in [2.24, 2.45) is 0 Å². The maximum absolute atomic E-state index is 12.8. The SMILES string of the molecule is O=C(CSc1nc(Nc2ccccc2)c2ccccc2n1)N1CCN(c2ncccn2)CC1. The van der Waals surface area contributed by atoms with Crippen LogP contribution in [0.1, 0.15) is 0 Å². The molecule has 0 atom stereocenters. The number of anilines is 3. The van der Waals surface area contributed by atoms with E-state index in [1.54, 1.807) is 18.5 Å². The zero-order chi connectivity index (χ0) is 22.5. The van der Waals surface area contributed by atoms with E-state index < -0.39 is 0 Å². The smallest absolute Gasteiger partial charge is 0.233 e. The highest BCUT2D eigenvalue weighted by Crippen LogP contribution is 2.27. The number of benzene rings is 2. The van der Waals surface area contributed by atoms with E-state index in [-0.39, 0.29) is 5.91 Å². The second-order valence-electron chi connectivity index (χ2n) is 7.57. The average molecular weight is 458 g/mol. The molecule has 1 aliphatic heterocycles. The van der Waals surface area contributed by atoms with Crippen molar-refractivity contribution < 1.29 is 4.79 Å². The third kappa shape index (κ3) is 5.04. The van der Waals surface area contributed by atoms with Crippen LogP contribution in [0.25, 0.3) is 10.9 Å². The Morgan fingerprint density at radius 2 is 1.61 bits per heavy atom. The van der Waals surface area contributed by atoms with E-state index in [0.29, 0.717) is 29.9 Å². The van der Waals surface area contributed by atoms with Crippen LogP contribution in [0.15, 0.2) is 78.2 Å². The largest absolute Gasteiger partial charge is 0.340 e. The van der Waals surface area contributed by atoms with E-state index in [2.05, 4.69) is 25.2 Å². The Hall–Kier alpha value is -3.72. The fourth-order valence-corrected chi connectivity index (χ4v) is 4.46. The van der Waals surface area contributed by atoms with Gasteiger partial charge in [-0.3, -0.25) is 4.79 Å². The molecule has 9 heteroatoms. The van der Waals surface area contributed by atoms with Gasteiger partial charge in [-0.15, -0.1) is 0 Å². The number of carbonyl (C=O) groups excluding carboxylic acids is 1. The van der Waals surface area contributed by atoms with Crippen LogP contribution in [0.2, 0.25) is 0 Å². The van der Waals surface area contributed by atoms with Crippen LogP contribution in [0.5, 0.6) is 0 Å². The van der Waals surface area contributed by atoms with Gasteiger partial charge in [0.15, 0.2) is 5.16 Å². The highest BCUT2D eigenvalue weighted by molar-refractivity contribution is 7.99. The molecule has 3 heterocycles. The molecule has 4 aromatic rings. The molecule has 0 bridgehead atoms. The summed E-state index contributed by atoms with van der Waals surface area (Å²) >= 11 is 1.37. The van der Waals surface area contributed by atoms with Crippen molar-refractivity contribution in [2.75, 3.05) is 42.1 Å². The van der Waals surface area contributed by atoms with Crippen molar-refractivity contribution in [3.8, 4) is 0 Å². The fourth-order valence-electron chi connectivity index (χ4n) is 3.70. The number of amides is 1. The van der Waals surface area contributed by atoms with Gasteiger partial charge in [-0.1, -0.05) is 42.1 Å². The van der Waals surface area contributed by atoms with E-state index in [9.17, 15) is 4.79 Å². The summed E-state index contributed by atoms with van der Waals surface area (Å²) in [7, 11) is 0. The van der Waals surface area contributed by atoms with Crippen molar-refractivity contribution in [3.63, 3.8) is 0 Å². The Labute approximate surface area is 196 Å². The first kappa shape index (κ1) is 21.1. The summed E-state index contributed by atoms with van der Waals surface area (Å²) in [6.45, 7) is 2.74. The number of para-hydroxylation sites is 2. The van der Waals surface area contributed by atoms with Crippen molar-refractivity contribution in [1.82, 2.24) is 24.8 Å². The molecule has 166 valence electrons. The first-order valence-corrected chi connectivity index (χ1v) is 11.8. The number of rotatable bonds is 6. The van der Waals surface area contributed by atoms with Crippen LogP contribution < -0.4 is 10.2 Å². The minimum absolute atomic E-state index is 0.0861. The van der Waals surface area contributed by atoms with Crippen LogP contribution in [-0.2, 0) is 4.79 Å². The quantitative estimate of drug-likeness (QED) is 0.347. The summed E-state index contributed by atoms with van der Waals surface area (Å²) in [6.07, 6.45) is 3.47. The minimum Gasteiger partial charge on any atom is -0.340 e. The van der Waals surface area contributed by atoms with Gasteiger partial charge in [0.25, 0.3) is 0 Å². The number of fused-ring (bicyclic) bond motifs is 1. The van der Waals surface area contributed by atoms with E-state index in [4.69, 9.17) is 4.98 Å². The molecule has 8 nitrogen and oxygen atoms in total. The molecule has 0 radical (unpaired) electrons. The molecule has 1 N–H and O–H groups in total. The van der Waals surface area contributed by atoms with Gasteiger partial charge in [0, 0.05) is 49.6 Å². The van der Waals surface area contributed by atoms with Gasteiger partial charge < -0.3 is 15.1 Å². The Kier molecular flexibility index (Phi) is 6.30. The molecule has 2 aromatic heterocycles. The van der Waals surface area contributed by atoms with Crippen LogP contribution >= 0.6 is 11.8 Å². The lowest BCUT2D eigenvalue weighted by Crippen LogP contribution is -2.49. The highest BCUT2D eigenvalue weighted by Gasteiger charge is 2.23. The molecular weight excluding hydrogens is 434 g/mol. The van der Waals surface area contributed by atoms with Crippen LogP contribution in [0.3, 0.4) is 0 Å². The zero-order valence-electron chi connectivity index (χ0n) is 18.0. The Morgan fingerprint density at radius 1 is 0.879 bits per heavy atom. The van der Waals surface area contributed by atoms with Gasteiger partial charge in [0.2, 0.25) is 11.9 Å². The second kappa shape index (κ2) is 9.83. The van der Waals surface area contributed by atoms with Crippen LogP contribution in [0.4, 0.5) is 17.5 Å². The summed E-state index contributed by atoms with van der Waals surface area (Å²) in [5, 5.41) is 4.90. The van der Waals surface area contributed by atoms with Crippen LogP contribution in [-0.4, -0.2) is 62.7 Å². The summed E-state index contributed by atoms with van der Waals surface area (Å²) < 4.78 is 0. The Balaban J connectivity index is 1.24. The number of hydrogen-bond donors (Lipinski definition) is 1. The van der Waals surface area contributed by atoms with E-state index in [1.165, 1.54) is 11.8 Å². The van der Waals surface area contributed by atoms with Gasteiger partial charge in [0.05, 0.1) is 11.3 Å². The summed E-state index contributed by atoms with van der Waals surface area (Å²) in [4.78, 5) is 34.8. The van der Waals surface area contributed by atoms with E-state index >= 15 is 0 Å². The van der Waals surface area contributed by atoms with E-state index in [1.807, 2.05) is 59.5 Å². The van der Waals surface area contributed by atoms with Crippen LogP contribution in [0, 0.1) is 0 Å². The molecule has 1 amide bonds.